The zero-order valence-electron chi connectivity index (χ0n) is 6.62. The van der Waals surface area contributed by atoms with E-state index in [0.717, 1.165) is 5.56 Å². The van der Waals surface area contributed by atoms with Crippen LogP contribution in [-0.4, -0.2) is 5.84 Å². The van der Waals surface area contributed by atoms with Crippen molar-refractivity contribution in [2.24, 2.45) is 11.5 Å². The average molecular weight is 161 g/mol. The Hall–Kier alpha value is -1.77. The molecule has 0 fully saturated rings. The lowest BCUT2D eigenvalue weighted by atomic mass is 10.1. The van der Waals surface area contributed by atoms with Crippen molar-refractivity contribution in [3.63, 3.8) is 0 Å². The van der Waals surface area contributed by atoms with Crippen molar-refractivity contribution in [3.8, 4) is 0 Å². The van der Waals surface area contributed by atoms with Gasteiger partial charge in [-0.3, -0.25) is 5.41 Å². The Balaban J connectivity index is 3.05. The van der Waals surface area contributed by atoms with Crippen LogP contribution >= 0.6 is 0 Å². The van der Waals surface area contributed by atoms with Crippen LogP contribution < -0.4 is 11.5 Å². The van der Waals surface area contributed by atoms with E-state index >= 15 is 0 Å². The Kier molecular flexibility index (Phi) is 2.48. The van der Waals surface area contributed by atoms with Crippen LogP contribution in [0.3, 0.4) is 0 Å². The van der Waals surface area contributed by atoms with Gasteiger partial charge < -0.3 is 11.5 Å². The van der Waals surface area contributed by atoms with Gasteiger partial charge >= 0.3 is 0 Å². The van der Waals surface area contributed by atoms with Gasteiger partial charge in [0.05, 0.1) is 0 Å². The second kappa shape index (κ2) is 3.57. The number of nitrogens with two attached hydrogens (primary N) is 2. The summed E-state index contributed by atoms with van der Waals surface area (Å²) >= 11 is 0. The summed E-state index contributed by atoms with van der Waals surface area (Å²) in [5, 5.41) is 7.22. The molecule has 62 valence electrons. The molecule has 0 bridgehead atoms. The van der Waals surface area contributed by atoms with Gasteiger partial charge in [-0.1, -0.05) is 30.3 Å². The van der Waals surface area contributed by atoms with Crippen LogP contribution in [0.1, 0.15) is 5.56 Å². The summed E-state index contributed by atoms with van der Waals surface area (Å²) in [7, 11) is 0. The maximum absolute atomic E-state index is 7.22. The Morgan fingerprint density at radius 3 is 2.25 bits per heavy atom. The molecule has 1 aromatic carbocycles. The lowest BCUT2D eigenvalue weighted by Crippen LogP contribution is -2.13. The number of rotatable bonds is 2. The molecule has 0 unspecified atom stereocenters. The molecule has 0 heterocycles. The third-order valence-corrected chi connectivity index (χ3v) is 1.54. The van der Waals surface area contributed by atoms with Gasteiger partial charge in [0.1, 0.15) is 5.84 Å². The number of benzene rings is 1. The Morgan fingerprint density at radius 1 is 1.25 bits per heavy atom. The van der Waals surface area contributed by atoms with E-state index in [1.165, 1.54) is 6.20 Å². The fourth-order valence-corrected chi connectivity index (χ4v) is 0.959. The molecule has 5 N–H and O–H groups in total. The van der Waals surface area contributed by atoms with Gasteiger partial charge in [-0.15, -0.1) is 0 Å². The summed E-state index contributed by atoms with van der Waals surface area (Å²) in [6, 6.07) is 9.38. The topological polar surface area (TPSA) is 75.9 Å². The fourth-order valence-electron chi connectivity index (χ4n) is 0.959. The third kappa shape index (κ3) is 1.63. The van der Waals surface area contributed by atoms with Gasteiger partial charge in [0.25, 0.3) is 0 Å². The molecule has 1 rings (SSSR count). The van der Waals surface area contributed by atoms with Crippen LogP contribution in [0.5, 0.6) is 0 Å². The second-order valence-corrected chi connectivity index (χ2v) is 2.36. The van der Waals surface area contributed by atoms with E-state index in [1.807, 2.05) is 30.3 Å². The quantitative estimate of drug-likeness (QED) is 0.445. The fraction of sp³-hybridized carbons (Fsp3) is 0. The molecule has 3 heteroatoms. The van der Waals surface area contributed by atoms with Crippen molar-refractivity contribution in [1.29, 1.82) is 5.41 Å². The molecule has 12 heavy (non-hydrogen) atoms. The number of hydrogen-bond acceptors (Lipinski definition) is 2. The molecule has 0 amide bonds. The van der Waals surface area contributed by atoms with Crippen molar-refractivity contribution >= 4 is 11.4 Å². The molecule has 0 atom stereocenters. The molecule has 1 aromatic rings. The van der Waals surface area contributed by atoms with E-state index in [9.17, 15) is 0 Å². The first-order valence-corrected chi connectivity index (χ1v) is 3.57. The number of amidine groups is 1. The van der Waals surface area contributed by atoms with E-state index < -0.39 is 0 Å². The minimum absolute atomic E-state index is 0.0105. The molecular formula is C9H11N3. The maximum Gasteiger partial charge on any atom is 0.124 e. The van der Waals surface area contributed by atoms with E-state index in [2.05, 4.69) is 0 Å². The summed E-state index contributed by atoms with van der Waals surface area (Å²) in [4.78, 5) is 0. The molecule has 0 saturated heterocycles. The predicted molar refractivity (Wildman–Crippen MR) is 50.5 cm³/mol. The monoisotopic (exact) mass is 161 g/mol. The first-order chi connectivity index (χ1) is 5.75. The van der Waals surface area contributed by atoms with Gasteiger partial charge in [-0.2, -0.15) is 0 Å². The van der Waals surface area contributed by atoms with Crippen LogP contribution in [0.4, 0.5) is 0 Å². The van der Waals surface area contributed by atoms with Gasteiger partial charge in [-0.25, -0.2) is 0 Å². The molecule has 0 radical (unpaired) electrons. The lowest BCUT2D eigenvalue weighted by Gasteiger charge is -2.02. The van der Waals surface area contributed by atoms with Crippen molar-refractivity contribution in [1.82, 2.24) is 0 Å². The highest BCUT2D eigenvalue weighted by Crippen LogP contribution is 2.11. The van der Waals surface area contributed by atoms with Crippen molar-refractivity contribution in [2.45, 2.75) is 0 Å². The van der Waals surface area contributed by atoms with Crippen LogP contribution in [0.15, 0.2) is 36.5 Å². The molecule has 0 saturated carbocycles. The lowest BCUT2D eigenvalue weighted by molar-refractivity contribution is 1.45. The zero-order valence-corrected chi connectivity index (χ0v) is 6.62. The molecular weight excluding hydrogens is 150 g/mol. The van der Waals surface area contributed by atoms with Crippen LogP contribution in [0, 0.1) is 5.41 Å². The second-order valence-electron chi connectivity index (χ2n) is 2.36. The molecule has 0 aromatic heterocycles. The van der Waals surface area contributed by atoms with E-state index in [-0.39, 0.29) is 5.84 Å². The molecule has 3 nitrogen and oxygen atoms in total. The number of nitrogens with one attached hydrogen (secondary N) is 1. The minimum Gasteiger partial charge on any atom is -0.404 e. The van der Waals surface area contributed by atoms with Crippen molar-refractivity contribution < 1.29 is 0 Å². The average Bonchev–Trinajstić information content (AvgIpc) is 2.07. The van der Waals surface area contributed by atoms with Gasteiger partial charge in [0, 0.05) is 11.8 Å². The van der Waals surface area contributed by atoms with Gasteiger partial charge in [0.15, 0.2) is 0 Å². The summed E-state index contributed by atoms with van der Waals surface area (Å²) in [6.45, 7) is 0. The SMILES string of the molecule is N=C(N)/C(=C\N)c1ccccc1. The highest BCUT2D eigenvalue weighted by Gasteiger charge is 2.01. The van der Waals surface area contributed by atoms with E-state index in [1.54, 1.807) is 0 Å². The first-order valence-electron chi connectivity index (χ1n) is 3.57. The zero-order chi connectivity index (χ0) is 8.97. The highest BCUT2D eigenvalue weighted by molar-refractivity contribution is 6.20. The maximum atomic E-state index is 7.22. The smallest absolute Gasteiger partial charge is 0.124 e. The van der Waals surface area contributed by atoms with Crippen molar-refractivity contribution in [3.05, 3.63) is 42.1 Å². The molecule has 0 spiro atoms. The molecule has 0 aliphatic carbocycles. The van der Waals surface area contributed by atoms with E-state index in [4.69, 9.17) is 16.9 Å². The molecule has 0 aliphatic heterocycles. The minimum atomic E-state index is -0.0105. The summed E-state index contributed by atoms with van der Waals surface area (Å²) in [5.41, 5.74) is 12.1. The van der Waals surface area contributed by atoms with Crippen LogP contribution in [0.2, 0.25) is 0 Å². The van der Waals surface area contributed by atoms with E-state index in [0.29, 0.717) is 5.57 Å². The van der Waals surface area contributed by atoms with Gasteiger partial charge in [0.2, 0.25) is 0 Å². The third-order valence-electron chi connectivity index (χ3n) is 1.54. The standard InChI is InChI=1S/C9H11N3/c10-6-8(9(11)12)7-4-2-1-3-5-7/h1-6H,10H2,(H3,11,12)/b8-6-. The number of hydrogen-bond donors (Lipinski definition) is 3. The first kappa shape index (κ1) is 8.33. The van der Waals surface area contributed by atoms with Crippen LogP contribution in [-0.2, 0) is 0 Å². The highest BCUT2D eigenvalue weighted by atomic mass is 14.7. The van der Waals surface area contributed by atoms with Gasteiger partial charge in [-0.05, 0) is 5.56 Å². The molecule has 0 aliphatic rings. The Labute approximate surface area is 71.2 Å². The normalized spacial score (nSPS) is 11.2. The predicted octanol–water partition coefficient (Wildman–Crippen LogP) is 0.922. The Bertz CT molecular complexity index is 301. The summed E-state index contributed by atoms with van der Waals surface area (Å²) < 4.78 is 0. The Morgan fingerprint density at radius 2 is 1.83 bits per heavy atom. The van der Waals surface area contributed by atoms with Crippen LogP contribution in [0.25, 0.3) is 5.57 Å². The summed E-state index contributed by atoms with van der Waals surface area (Å²) in [5.74, 6) is -0.0105. The summed E-state index contributed by atoms with van der Waals surface area (Å²) in [6.07, 6.45) is 1.34. The van der Waals surface area contributed by atoms with Crippen molar-refractivity contribution in [2.75, 3.05) is 0 Å². The largest absolute Gasteiger partial charge is 0.404 e.